The maximum Gasteiger partial charge on any atom is 0.243 e. The van der Waals surface area contributed by atoms with Crippen LogP contribution in [-0.2, 0) is 4.79 Å². The van der Waals surface area contributed by atoms with Crippen LogP contribution in [0.4, 0.5) is 5.69 Å². The summed E-state index contributed by atoms with van der Waals surface area (Å²) < 4.78 is 0. The quantitative estimate of drug-likeness (QED) is 0.871. The number of primary amides is 1. The molecule has 0 spiro atoms. The Hall–Kier alpha value is -1.55. The van der Waals surface area contributed by atoms with Gasteiger partial charge in [0.2, 0.25) is 5.91 Å². The van der Waals surface area contributed by atoms with Gasteiger partial charge < -0.3 is 16.0 Å². The molecular formula is C15H23N3O. The minimum Gasteiger partial charge on any atom is -0.371 e. The van der Waals surface area contributed by atoms with Crippen LogP contribution < -0.4 is 11.1 Å². The van der Waals surface area contributed by atoms with Gasteiger partial charge in [0.1, 0.15) is 5.54 Å². The van der Waals surface area contributed by atoms with E-state index in [-0.39, 0.29) is 5.91 Å². The van der Waals surface area contributed by atoms with Crippen LogP contribution in [0.1, 0.15) is 24.8 Å². The fourth-order valence-electron chi connectivity index (χ4n) is 2.70. The molecule has 1 atom stereocenters. The summed E-state index contributed by atoms with van der Waals surface area (Å²) in [4.78, 5) is 14.2. The molecule has 0 saturated carbocycles. The minimum atomic E-state index is -0.613. The predicted octanol–water partition coefficient (Wildman–Crippen LogP) is 1.75. The third kappa shape index (κ3) is 3.26. The second-order valence-electron chi connectivity index (χ2n) is 5.60. The van der Waals surface area contributed by atoms with Gasteiger partial charge in [0.25, 0.3) is 0 Å². The van der Waals surface area contributed by atoms with Gasteiger partial charge in [-0.3, -0.25) is 4.79 Å². The number of aryl methyl sites for hydroxylation is 1. The average molecular weight is 261 g/mol. The Morgan fingerprint density at radius 2 is 2.16 bits per heavy atom. The predicted molar refractivity (Wildman–Crippen MR) is 78.1 cm³/mol. The fourth-order valence-corrected chi connectivity index (χ4v) is 2.70. The van der Waals surface area contributed by atoms with E-state index in [0.29, 0.717) is 0 Å². The maximum absolute atomic E-state index is 12.0. The summed E-state index contributed by atoms with van der Waals surface area (Å²) in [6, 6.07) is 8.09. The lowest BCUT2D eigenvalue weighted by atomic mass is 9.89. The third-order valence-corrected chi connectivity index (χ3v) is 3.94. The molecule has 104 valence electrons. The Balaban J connectivity index is 2.22. The Labute approximate surface area is 115 Å². The molecule has 4 heteroatoms. The topological polar surface area (TPSA) is 58.4 Å². The summed E-state index contributed by atoms with van der Waals surface area (Å²) in [6.07, 6.45) is 2.53. The SMILES string of the molecule is Cc1cccc(NC2(C(N)=O)CCCN(C)CC2)c1. The van der Waals surface area contributed by atoms with E-state index in [2.05, 4.69) is 23.3 Å². The van der Waals surface area contributed by atoms with Crippen LogP contribution in [0, 0.1) is 6.92 Å². The lowest BCUT2D eigenvalue weighted by Crippen LogP contribution is -2.51. The minimum absolute atomic E-state index is 0.246. The molecular weight excluding hydrogens is 238 g/mol. The van der Waals surface area contributed by atoms with E-state index in [1.54, 1.807) is 0 Å². The number of likely N-dealkylation sites (tertiary alicyclic amines) is 1. The molecule has 1 aliphatic heterocycles. The number of anilines is 1. The van der Waals surface area contributed by atoms with Gasteiger partial charge in [-0.25, -0.2) is 0 Å². The summed E-state index contributed by atoms with van der Waals surface area (Å²) in [6.45, 7) is 3.95. The summed E-state index contributed by atoms with van der Waals surface area (Å²) >= 11 is 0. The number of carbonyl (C=O) groups excluding carboxylic acids is 1. The monoisotopic (exact) mass is 261 g/mol. The average Bonchev–Trinajstić information content (AvgIpc) is 2.53. The number of hydrogen-bond donors (Lipinski definition) is 2. The molecule has 1 aliphatic rings. The highest BCUT2D eigenvalue weighted by atomic mass is 16.1. The Kier molecular flexibility index (Phi) is 4.10. The smallest absolute Gasteiger partial charge is 0.243 e. The number of nitrogens with two attached hydrogens (primary N) is 1. The van der Waals surface area contributed by atoms with Gasteiger partial charge in [-0.05, 0) is 57.5 Å². The van der Waals surface area contributed by atoms with Crippen LogP contribution >= 0.6 is 0 Å². The summed E-state index contributed by atoms with van der Waals surface area (Å²) in [5.74, 6) is -0.246. The van der Waals surface area contributed by atoms with Gasteiger partial charge in [0, 0.05) is 12.2 Å². The summed E-state index contributed by atoms with van der Waals surface area (Å²) in [7, 11) is 2.09. The Morgan fingerprint density at radius 3 is 2.84 bits per heavy atom. The van der Waals surface area contributed by atoms with Crippen molar-refractivity contribution >= 4 is 11.6 Å². The number of amides is 1. The second-order valence-corrected chi connectivity index (χ2v) is 5.60. The van der Waals surface area contributed by atoms with Gasteiger partial charge >= 0.3 is 0 Å². The van der Waals surface area contributed by atoms with Gasteiger partial charge in [-0.1, -0.05) is 12.1 Å². The number of nitrogens with one attached hydrogen (secondary N) is 1. The molecule has 1 fully saturated rings. The number of rotatable bonds is 3. The van der Waals surface area contributed by atoms with Crippen LogP contribution in [0.2, 0.25) is 0 Å². The first kappa shape index (κ1) is 13.9. The molecule has 0 aliphatic carbocycles. The van der Waals surface area contributed by atoms with Crippen LogP contribution in [0.25, 0.3) is 0 Å². The molecule has 0 aromatic heterocycles. The summed E-state index contributed by atoms with van der Waals surface area (Å²) in [5, 5.41) is 3.39. The van der Waals surface area contributed by atoms with Gasteiger partial charge in [0.05, 0.1) is 0 Å². The summed E-state index contributed by atoms with van der Waals surface area (Å²) in [5.41, 5.74) is 7.22. The van der Waals surface area contributed by atoms with Gasteiger partial charge in [0.15, 0.2) is 0 Å². The van der Waals surface area contributed by atoms with Crippen molar-refractivity contribution in [2.45, 2.75) is 31.7 Å². The van der Waals surface area contributed by atoms with Crippen molar-refractivity contribution in [3.05, 3.63) is 29.8 Å². The van der Waals surface area contributed by atoms with Crippen LogP contribution in [0.15, 0.2) is 24.3 Å². The first-order valence-corrected chi connectivity index (χ1v) is 6.85. The highest BCUT2D eigenvalue weighted by molar-refractivity contribution is 5.88. The van der Waals surface area contributed by atoms with Crippen LogP contribution in [0.5, 0.6) is 0 Å². The van der Waals surface area contributed by atoms with Crippen molar-refractivity contribution in [2.75, 3.05) is 25.5 Å². The lowest BCUT2D eigenvalue weighted by Gasteiger charge is -2.31. The molecule has 2 rings (SSSR count). The first-order chi connectivity index (χ1) is 9.02. The van der Waals surface area contributed by atoms with Crippen LogP contribution in [0.3, 0.4) is 0 Å². The second kappa shape index (κ2) is 5.61. The number of benzene rings is 1. The number of carbonyl (C=O) groups is 1. The van der Waals surface area contributed by atoms with E-state index >= 15 is 0 Å². The highest BCUT2D eigenvalue weighted by Crippen LogP contribution is 2.27. The van der Waals surface area contributed by atoms with Crippen LogP contribution in [-0.4, -0.2) is 36.5 Å². The molecule has 0 radical (unpaired) electrons. The molecule has 1 unspecified atom stereocenters. The Morgan fingerprint density at radius 1 is 1.37 bits per heavy atom. The zero-order valence-electron chi connectivity index (χ0n) is 11.8. The fraction of sp³-hybridized carbons (Fsp3) is 0.533. The molecule has 1 aromatic carbocycles. The molecule has 1 saturated heterocycles. The van der Waals surface area contributed by atoms with E-state index in [1.807, 2.05) is 25.1 Å². The van der Waals surface area contributed by atoms with E-state index in [4.69, 9.17) is 5.73 Å². The number of nitrogens with zero attached hydrogens (tertiary/aromatic N) is 1. The standard InChI is InChI=1S/C15H23N3O/c1-12-5-3-6-13(11-12)17-15(14(16)19)7-4-9-18(2)10-8-15/h3,5-6,11,17H,4,7-10H2,1-2H3,(H2,16,19). The van der Waals surface area contributed by atoms with Crippen molar-refractivity contribution in [1.29, 1.82) is 0 Å². The zero-order valence-corrected chi connectivity index (χ0v) is 11.8. The molecule has 1 aromatic rings. The van der Waals surface area contributed by atoms with E-state index < -0.39 is 5.54 Å². The van der Waals surface area contributed by atoms with Crippen molar-refractivity contribution in [3.8, 4) is 0 Å². The lowest BCUT2D eigenvalue weighted by molar-refractivity contribution is -0.122. The third-order valence-electron chi connectivity index (χ3n) is 3.94. The van der Waals surface area contributed by atoms with E-state index in [1.165, 1.54) is 5.56 Å². The number of hydrogen-bond acceptors (Lipinski definition) is 3. The van der Waals surface area contributed by atoms with E-state index in [9.17, 15) is 4.79 Å². The highest BCUT2D eigenvalue weighted by Gasteiger charge is 2.37. The molecule has 1 amide bonds. The molecule has 1 heterocycles. The van der Waals surface area contributed by atoms with Gasteiger partial charge in [-0.15, -0.1) is 0 Å². The van der Waals surface area contributed by atoms with Crippen molar-refractivity contribution < 1.29 is 4.79 Å². The first-order valence-electron chi connectivity index (χ1n) is 6.85. The van der Waals surface area contributed by atoms with Gasteiger partial charge in [-0.2, -0.15) is 0 Å². The molecule has 0 bridgehead atoms. The van der Waals surface area contributed by atoms with Crippen molar-refractivity contribution in [3.63, 3.8) is 0 Å². The Bertz CT molecular complexity index is 460. The molecule has 4 nitrogen and oxygen atoms in total. The molecule has 19 heavy (non-hydrogen) atoms. The molecule has 3 N–H and O–H groups in total. The normalized spacial score (nSPS) is 24.7. The van der Waals surface area contributed by atoms with Crippen molar-refractivity contribution in [1.82, 2.24) is 4.90 Å². The van der Waals surface area contributed by atoms with Crippen molar-refractivity contribution in [2.24, 2.45) is 5.73 Å². The maximum atomic E-state index is 12.0. The largest absolute Gasteiger partial charge is 0.371 e. The zero-order chi connectivity index (χ0) is 13.9. The van der Waals surface area contributed by atoms with E-state index in [0.717, 1.165) is 38.0 Å².